The predicted molar refractivity (Wildman–Crippen MR) is 78.7 cm³/mol. The summed E-state index contributed by atoms with van der Waals surface area (Å²) in [6.07, 6.45) is 11.2. The van der Waals surface area contributed by atoms with Crippen LogP contribution < -0.4 is 5.32 Å². The Morgan fingerprint density at radius 1 is 1.30 bits per heavy atom. The lowest BCUT2D eigenvalue weighted by molar-refractivity contribution is 0.0442. The zero-order valence-corrected chi connectivity index (χ0v) is 12.2. The molecule has 1 aliphatic carbocycles. The van der Waals surface area contributed by atoms with Crippen LogP contribution in [-0.2, 0) is 4.74 Å². The maximum Gasteiger partial charge on any atom is 0.252 e. The van der Waals surface area contributed by atoms with Crippen molar-refractivity contribution in [1.82, 2.24) is 10.3 Å². The maximum atomic E-state index is 11.9. The molecular weight excluding hydrogens is 252 g/mol. The molecule has 2 rings (SSSR count). The molecule has 4 heteroatoms. The number of nitrogens with zero attached hydrogens (tertiary/aromatic N) is 1. The van der Waals surface area contributed by atoms with Crippen molar-refractivity contribution in [3.63, 3.8) is 0 Å². The minimum Gasteiger partial charge on any atom is -0.376 e. The number of aryl methyl sites for hydroxylation is 1. The third-order valence-electron chi connectivity index (χ3n) is 3.68. The summed E-state index contributed by atoms with van der Waals surface area (Å²) in [6.45, 7) is 3.08. The normalized spacial score (nSPS) is 16.6. The van der Waals surface area contributed by atoms with Crippen LogP contribution in [0.15, 0.2) is 18.5 Å². The predicted octanol–water partition coefficient (Wildman–Crippen LogP) is 2.86. The number of ether oxygens (including phenoxy) is 1. The molecule has 0 bridgehead atoms. The van der Waals surface area contributed by atoms with Crippen molar-refractivity contribution in [2.75, 3.05) is 13.2 Å². The Hall–Kier alpha value is -1.42. The van der Waals surface area contributed by atoms with Gasteiger partial charge in [-0.15, -0.1) is 0 Å². The van der Waals surface area contributed by atoms with E-state index in [1.807, 2.05) is 13.0 Å². The quantitative estimate of drug-likeness (QED) is 0.664. The largest absolute Gasteiger partial charge is 0.376 e. The topological polar surface area (TPSA) is 51.2 Å². The van der Waals surface area contributed by atoms with Gasteiger partial charge in [0.15, 0.2) is 0 Å². The Morgan fingerprint density at radius 3 is 2.75 bits per heavy atom. The van der Waals surface area contributed by atoms with Gasteiger partial charge in [0.25, 0.3) is 5.91 Å². The summed E-state index contributed by atoms with van der Waals surface area (Å²) in [6, 6.07) is 1.84. The van der Waals surface area contributed by atoms with E-state index in [1.165, 1.54) is 25.7 Å². The summed E-state index contributed by atoms with van der Waals surface area (Å²) in [4.78, 5) is 15.9. The fourth-order valence-corrected chi connectivity index (χ4v) is 2.58. The molecule has 1 aromatic heterocycles. The molecule has 0 unspecified atom stereocenters. The van der Waals surface area contributed by atoms with E-state index in [9.17, 15) is 4.79 Å². The minimum absolute atomic E-state index is 0.0781. The first-order chi connectivity index (χ1) is 9.75. The van der Waals surface area contributed by atoms with E-state index in [0.717, 1.165) is 18.4 Å². The zero-order valence-electron chi connectivity index (χ0n) is 12.2. The highest BCUT2D eigenvalue weighted by Crippen LogP contribution is 2.19. The minimum atomic E-state index is -0.0781. The third kappa shape index (κ3) is 4.93. The van der Waals surface area contributed by atoms with Gasteiger partial charge in [0.2, 0.25) is 0 Å². The molecule has 1 aliphatic rings. The van der Waals surface area contributed by atoms with E-state index < -0.39 is 0 Å². The van der Waals surface area contributed by atoms with E-state index in [1.54, 1.807) is 12.4 Å². The number of amides is 1. The average Bonchev–Trinajstić information content (AvgIpc) is 2.72. The Bertz CT molecular complexity index is 426. The van der Waals surface area contributed by atoms with Gasteiger partial charge in [-0.1, -0.05) is 25.7 Å². The molecule has 0 saturated heterocycles. The Morgan fingerprint density at radius 2 is 2.05 bits per heavy atom. The van der Waals surface area contributed by atoms with Crippen LogP contribution in [0, 0.1) is 6.92 Å². The molecule has 110 valence electrons. The van der Waals surface area contributed by atoms with Gasteiger partial charge in [-0.2, -0.15) is 0 Å². The SMILES string of the molecule is Cc1cncc(C(=O)NCCOC2CCCCCC2)c1. The molecule has 1 heterocycles. The number of rotatable bonds is 5. The lowest BCUT2D eigenvalue weighted by atomic mass is 10.1. The number of aromatic nitrogens is 1. The second kappa shape index (κ2) is 8.00. The summed E-state index contributed by atoms with van der Waals surface area (Å²) >= 11 is 0. The van der Waals surface area contributed by atoms with Crippen LogP contribution in [0.2, 0.25) is 0 Å². The van der Waals surface area contributed by atoms with E-state index in [4.69, 9.17) is 4.74 Å². The third-order valence-corrected chi connectivity index (χ3v) is 3.68. The standard InChI is InChI=1S/C16H24N2O2/c1-13-10-14(12-17-11-13)16(19)18-8-9-20-15-6-4-2-3-5-7-15/h10-12,15H,2-9H2,1H3,(H,18,19). The summed E-state index contributed by atoms with van der Waals surface area (Å²) < 4.78 is 5.84. The highest BCUT2D eigenvalue weighted by atomic mass is 16.5. The Labute approximate surface area is 120 Å². The zero-order chi connectivity index (χ0) is 14.2. The van der Waals surface area contributed by atoms with Gasteiger partial charge >= 0.3 is 0 Å². The molecule has 0 spiro atoms. The molecule has 1 N–H and O–H groups in total. The van der Waals surface area contributed by atoms with Gasteiger partial charge < -0.3 is 10.1 Å². The fraction of sp³-hybridized carbons (Fsp3) is 0.625. The Balaban J connectivity index is 1.66. The fourth-order valence-electron chi connectivity index (χ4n) is 2.58. The smallest absolute Gasteiger partial charge is 0.252 e. The first-order valence-electron chi connectivity index (χ1n) is 7.57. The van der Waals surface area contributed by atoms with Crippen LogP contribution in [-0.4, -0.2) is 30.1 Å². The first-order valence-corrected chi connectivity index (χ1v) is 7.57. The van der Waals surface area contributed by atoms with Crippen LogP contribution >= 0.6 is 0 Å². The first kappa shape index (κ1) is 15.0. The molecule has 20 heavy (non-hydrogen) atoms. The van der Waals surface area contributed by atoms with Crippen LogP contribution in [0.25, 0.3) is 0 Å². The molecule has 1 saturated carbocycles. The Kier molecular flexibility index (Phi) is 5.99. The van der Waals surface area contributed by atoms with Crippen molar-refractivity contribution in [2.45, 2.75) is 51.6 Å². The maximum absolute atomic E-state index is 11.9. The number of hydrogen-bond donors (Lipinski definition) is 1. The second-order valence-electron chi connectivity index (χ2n) is 5.49. The van der Waals surface area contributed by atoms with Crippen molar-refractivity contribution in [2.24, 2.45) is 0 Å². The van der Waals surface area contributed by atoms with Gasteiger partial charge in [0.05, 0.1) is 18.3 Å². The van der Waals surface area contributed by atoms with Crippen LogP contribution in [0.5, 0.6) is 0 Å². The average molecular weight is 276 g/mol. The summed E-state index contributed by atoms with van der Waals surface area (Å²) in [7, 11) is 0. The molecule has 0 atom stereocenters. The van der Waals surface area contributed by atoms with Crippen molar-refractivity contribution in [3.05, 3.63) is 29.6 Å². The summed E-state index contributed by atoms with van der Waals surface area (Å²) in [5.41, 5.74) is 1.60. The molecule has 0 aliphatic heterocycles. The van der Waals surface area contributed by atoms with Crippen LogP contribution in [0.1, 0.15) is 54.4 Å². The number of nitrogens with one attached hydrogen (secondary N) is 1. The van der Waals surface area contributed by atoms with E-state index in [-0.39, 0.29) is 5.91 Å². The summed E-state index contributed by atoms with van der Waals surface area (Å²) in [5, 5.41) is 2.88. The highest BCUT2D eigenvalue weighted by Gasteiger charge is 2.12. The molecule has 1 aromatic rings. The molecule has 0 radical (unpaired) electrons. The molecule has 4 nitrogen and oxygen atoms in total. The van der Waals surface area contributed by atoms with E-state index >= 15 is 0 Å². The van der Waals surface area contributed by atoms with Gasteiger partial charge in [0.1, 0.15) is 0 Å². The lowest BCUT2D eigenvalue weighted by Crippen LogP contribution is -2.29. The van der Waals surface area contributed by atoms with Crippen molar-refractivity contribution in [3.8, 4) is 0 Å². The second-order valence-corrected chi connectivity index (χ2v) is 5.49. The number of carbonyl (C=O) groups excluding carboxylic acids is 1. The van der Waals surface area contributed by atoms with Crippen molar-refractivity contribution < 1.29 is 9.53 Å². The highest BCUT2D eigenvalue weighted by molar-refractivity contribution is 5.93. The van der Waals surface area contributed by atoms with Crippen LogP contribution in [0.3, 0.4) is 0 Å². The van der Waals surface area contributed by atoms with E-state index in [2.05, 4.69) is 10.3 Å². The lowest BCUT2D eigenvalue weighted by Gasteiger charge is -2.15. The number of hydrogen-bond acceptors (Lipinski definition) is 3. The van der Waals surface area contributed by atoms with Gasteiger partial charge in [-0.05, 0) is 31.4 Å². The molecule has 1 amide bonds. The monoisotopic (exact) mass is 276 g/mol. The van der Waals surface area contributed by atoms with Crippen molar-refractivity contribution >= 4 is 5.91 Å². The van der Waals surface area contributed by atoms with Gasteiger partial charge in [-0.3, -0.25) is 9.78 Å². The van der Waals surface area contributed by atoms with E-state index in [0.29, 0.717) is 24.8 Å². The number of pyridine rings is 1. The number of carbonyl (C=O) groups is 1. The van der Waals surface area contributed by atoms with Crippen molar-refractivity contribution in [1.29, 1.82) is 0 Å². The summed E-state index contributed by atoms with van der Waals surface area (Å²) in [5.74, 6) is -0.0781. The molecule has 1 fully saturated rings. The van der Waals surface area contributed by atoms with Gasteiger partial charge in [-0.25, -0.2) is 0 Å². The molecule has 0 aromatic carbocycles. The van der Waals surface area contributed by atoms with Gasteiger partial charge in [0, 0.05) is 18.9 Å². The van der Waals surface area contributed by atoms with Crippen LogP contribution in [0.4, 0.5) is 0 Å². The molecular formula is C16H24N2O2.